The molecule has 0 amide bonds. The topological polar surface area (TPSA) is 38.4 Å². The van der Waals surface area contributed by atoms with E-state index in [-0.39, 0.29) is 0 Å². The molecule has 0 fully saturated rings. The van der Waals surface area contributed by atoms with Gasteiger partial charge in [-0.05, 0) is 25.1 Å². The lowest BCUT2D eigenvalue weighted by atomic mass is 10.3. The van der Waals surface area contributed by atoms with E-state index < -0.39 is 0 Å². The molecule has 2 heteroatoms. The number of para-hydroxylation sites is 1. The molecule has 0 aliphatic carbocycles. The molecule has 62 valence electrons. The standard InChI is InChI=1S/C10H12N2/c1-2-6-10(11)12-9-7-4-3-5-8-9/h2-8H,1H3,(H2,11,12)/b6-2-. The highest BCUT2D eigenvalue weighted by atomic mass is 14.8. The SMILES string of the molecule is C/C=C\C(N)=Nc1ccccc1. The highest BCUT2D eigenvalue weighted by molar-refractivity contribution is 5.93. The van der Waals surface area contributed by atoms with Gasteiger partial charge in [0.15, 0.2) is 0 Å². The first kappa shape index (κ1) is 8.53. The van der Waals surface area contributed by atoms with Crippen LogP contribution in [-0.2, 0) is 0 Å². The average Bonchev–Trinajstić information content (AvgIpc) is 2.06. The van der Waals surface area contributed by atoms with Crippen molar-refractivity contribution in [3.8, 4) is 0 Å². The van der Waals surface area contributed by atoms with Gasteiger partial charge in [-0.25, -0.2) is 4.99 Å². The molecule has 0 aliphatic rings. The van der Waals surface area contributed by atoms with Gasteiger partial charge in [0.25, 0.3) is 0 Å². The van der Waals surface area contributed by atoms with Gasteiger partial charge in [0.2, 0.25) is 0 Å². The zero-order valence-electron chi connectivity index (χ0n) is 7.07. The first-order chi connectivity index (χ1) is 5.83. The second-order valence-corrected chi connectivity index (χ2v) is 2.37. The van der Waals surface area contributed by atoms with Gasteiger partial charge >= 0.3 is 0 Å². The smallest absolute Gasteiger partial charge is 0.123 e. The molecular formula is C10H12N2. The van der Waals surface area contributed by atoms with Crippen LogP contribution in [0.4, 0.5) is 5.69 Å². The molecule has 0 spiro atoms. The highest BCUT2D eigenvalue weighted by Gasteiger charge is 1.86. The van der Waals surface area contributed by atoms with Gasteiger partial charge in [0.1, 0.15) is 5.84 Å². The number of nitrogens with two attached hydrogens (primary N) is 1. The summed E-state index contributed by atoms with van der Waals surface area (Å²) in [6.45, 7) is 1.91. The number of nitrogens with zero attached hydrogens (tertiary/aromatic N) is 1. The fourth-order valence-electron chi connectivity index (χ4n) is 0.860. The molecule has 2 nitrogen and oxygen atoms in total. The lowest BCUT2D eigenvalue weighted by Gasteiger charge is -1.93. The molecule has 0 aliphatic heterocycles. The predicted molar refractivity (Wildman–Crippen MR) is 52.5 cm³/mol. The summed E-state index contributed by atoms with van der Waals surface area (Å²) in [5, 5.41) is 0. The summed E-state index contributed by atoms with van der Waals surface area (Å²) < 4.78 is 0. The highest BCUT2D eigenvalue weighted by Crippen LogP contribution is 2.08. The average molecular weight is 160 g/mol. The predicted octanol–water partition coefficient (Wildman–Crippen LogP) is 2.25. The summed E-state index contributed by atoms with van der Waals surface area (Å²) in [6.07, 6.45) is 3.63. The summed E-state index contributed by atoms with van der Waals surface area (Å²) in [7, 11) is 0. The van der Waals surface area contributed by atoms with Crippen molar-refractivity contribution < 1.29 is 0 Å². The van der Waals surface area contributed by atoms with Crippen molar-refractivity contribution in [3.63, 3.8) is 0 Å². The van der Waals surface area contributed by atoms with Crippen molar-refractivity contribution in [3.05, 3.63) is 42.5 Å². The van der Waals surface area contributed by atoms with Crippen LogP contribution in [-0.4, -0.2) is 5.84 Å². The summed E-state index contributed by atoms with van der Waals surface area (Å²) in [6, 6.07) is 9.64. The van der Waals surface area contributed by atoms with Gasteiger partial charge < -0.3 is 5.73 Å². The number of allylic oxidation sites excluding steroid dienone is 1. The fourth-order valence-corrected chi connectivity index (χ4v) is 0.860. The molecule has 0 unspecified atom stereocenters. The van der Waals surface area contributed by atoms with Crippen LogP contribution in [0.2, 0.25) is 0 Å². The van der Waals surface area contributed by atoms with E-state index in [1.807, 2.05) is 43.3 Å². The van der Waals surface area contributed by atoms with Gasteiger partial charge in [0, 0.05) is 0 Å². The number of benzene rings is 1. The molecule has 1 aromatic carbocycles. The maximum atomic E-state index is 5.58. The molecule has 1 aromatic rings. The van der Waals surface area contributed by atoms with Crippen LogP contribution in [0.5, 0.6) is 0 Å². The normalized spacial score (nSPS) is 12.2. The summed E-state index contributed by atoms with van der Waals surface area (Å²) in [4.78, 5) is 4.16. The number of aliphatic imine (C=N–C) groups is 1. The van der Waals surface area contributed by atoms with Crippen molar-refractivity contribution in [1.82, 2.24) is 0 Å². The molecule has 0 saturated heterocycles. The third-order valence-corrected chi connectivity index (χ3v) is 1.35. The van der Waals surface area contributed by atoms with E-state index in [2.05, 4.69) is 4.99 Å². The minimum atomic E-state index is 0.531. The molecule has 0 saturated carbocycles. The summed E-state index contributed by atoms with van der Waals surface area (Å²) in [5.41, 5.74) is 6.46. The van der Waals surface area contributed by atoms with Crippen molar-refractivity contribution in [2.45, 2.75) is 6.92 Å². The van der Waals surface area contributed by atoms with Crippen LogP contribution < -0.4 is 5.73 Å². The van der Waals surface area contributed by atoms with E-state index in [0.29, 0.717) is 5.84 Å². The monoisotopic (exact) mass is 160 g/mol. The van der Waals surface area contributed by atoms with Crippen LogP contribution in [0, 0.1) is 0 Å². The van der Waals surface area contributed by atoms with Crippen molar-refractivity contribution in [1.29, 1.82) is 0 Å². The van der Waals surface area contributed by atoms with Gasteiger partial charge in [-0.3, -0.25) is 0 Å². The van der Waals surface area contributed by atoms with E-state index in [4.69, 9.17) is 5.73 Å². The number of amidine groups is 1. The van der Waals surface area contributed by atoms with Gasteiger partial charge in [0.05, 0.1) is 5.69 Å². The molecule has 2 N–H and O–H groups in total. The van der Waals surface area contributed by atoms with E-state index in [9.17, 15) is 0 Å². The van der Waals surface area contributed by atoms with Gasteiger partial charge in [-0.15, -0.1) is 0 Å². The Morgan fingerprint density at radius 1 is 1.33 bits per heavy atom. The quantitative estimate of drug-likeness (QED) is 0.523. The molecule has 0 radical (unpaired) electrons. The zero-order valence-corrected chi connectivity index (χ0v) is 7.07. The van der Waals surface area contributed by atoms with Crippen LogP contribution in [0.3, 0.4) is 0 Å². The second-order valence-electron chi connectivity index (χ2n) is 2.37. The van der Waals surface area contributed by atoms with Crippen LogP contribution in [0.25, 0.3) is 0 Å². The molecule has 0 heterocycles. The molecular weight excluding hydrogens is 148 g/mol. The molecule has 0 bridgehead atoms. The first-order valence-electron chi connectivity index (χ1n) is 3.85. The number of hydrogen-bond acceptors (Lipinski definition) is 1. The lowest BCUT2D eigenvalue weighted by Crippen LogP contribution is -2.06. The van der Waals surface area contributed by atoms with Crippen molar-refractivity contribution in [2.75, 3.05) is 0 Å². The van der Waals surface area contributed by atoms with Crippen LogP contribution in [0.15, 0.2) is 47.5 Å². The minimum Gasteiger partial charge on any atom is -0.384 e. The largest absolute Gasteiger partial charge is 0.384 e. The molecule has 1 rings (SSSR count). The van der Waals surface area contributed by atoms with Crippen LogP contribution >= 0.6 is 0 Å². The van der Waals surface area contributed by atoms with E-state index in [1.165, 1.54) is 0 Å². The first-order valence-corrected chi connectivity index (χ1v) is 3.85. The second kappa shape index (κ2) is 4.34. The van der Waals surface area contributed by atoms with Gasteiger partial charge in [-0.1, -0.05) is 24.3 Å². The Bertz CT molecular complexity index is 286. The van der Waals surface area contributed by atoms with E-state index in [0.717, 1.165) is 5.69 Å². The zero-order chi connectivity index (χ0) is 8.81. The summed E-state index contributed by atoms with van der Waals surface area (Å²) in [5.74, 6) is 0.531. The lowest BCUT2D eigenvalue weighted by molar-refractivity contribution is 1.48. The van der Waals surface area contributed by atoms with Crippen LogP contribution in [0.1, 0.15) is 6.92 Å². The van der Waals surface area contributed by atoms with Crippen molar-refractivity contribution >= 4 is 11.5 Å². The number of hydrogen-bond donors (Lipinski definition) is 1. The maximum Gasteiger partial charge on any atom is 0.123 e. The third-order valence-electron chi connectivity index (χ3n) is 1.35. The minimum absolute atomic E-state index is 0.531. The van der Waals surface area contributed by atoms with Crippen molar-refractivity contribution in [2.24, 2.45) is 10.7 Å². The maximum absolute atomic E-state index is 5.58. The Hall–Kier alpha value is -1.57. The Morgan fingerprint density at radius 2 is 2.00 bits per heavy atom. The van der Waals surface area contributed by atoms with Gasteiger partial charge in [-0.2, -0.15) is 0 Å². The van der Waals surface area contributed by atoms with E-state index >= 15 is 0 Å². The summed E-state index contributed by atoms with van der Waals surface area (Å²) >= 11 is 0. The Morgan fingerprint density at radius 3 is 2.58 bits per heavy atom. The molecule has 12 heavy (non-hydrogen) atoms. The third kappa shape index (κ3) is 2.58. The Kier molecular flexibility index (Phi) is 3.08. The fraction of sp³-hybridized carbons (Fsp3) is 0.100. The van der Waals surface area contributed by atoms with E-state index in [1.54, 1.807) is 6.08 Å². The molecule has 0 atom stereocenters. The molecule has 0 aromatic heterocycles. The number of rotatable bonds is 2. The Labute approximate surface area is 72.4 Å². The Balaban J connectivity index is 2.81.